The fourth-order valence-electron chi connectivity index (χ4n) is 3.32. The first kappa shape index (κ1) is 13.8. The van der Waals surface area contributed by atoms with Crippen LogP contribution in [0, 0.1) is 0 Å². The SMILES string of the molecule is CCCC(C)[c-]1ccc2cc3c(cc21)CCC3.[Li+]. The molecule has 2 aromatic rings. The molecule has 1 atom stereocenters. The molecule has 0 fully saturated rings. The quantitative estimate of drug-likeness (QED) is 0.560. The maximum atomic E-state index is 2.47. The van der Waals surface area contributed by atoms with Gasteiger partial charge in [-0.15, -0.1) is 34.5 Å². The number of hydrogen-bond acceptors (Lipinski definition) is 0. The van der Waals surface area contributed by atoms with Gasteiger partial charge >= 0.3 is 18.9 Å². The minimum Gasteiger partial charge on any atom is -0.168 e. The van der Waals surface area contributed by atoms with Crippen LogP contribution in [0.4, 0.5) is 0 Å². The van der Waals surface area contributed by atoms with Gasteiger partial charge in [0, 0.05) is 0 Å². The first-order valence-corrected chi connectivity index (χ1v) is 7.00. The molecular formula is C17H21Li. The Labute approximate surface area is 122 Å². The van der Waals surface area contributed by atoms with Crippen molar-refractivity contribution in [3.05, 3.63) is 41.0 Å². The van der Waals surface area contributed by atoms with E-state index in [-0.39, 0.29) is 18.9 Å². The largest absolute Gasteiger partial charge is 1.00 e. The summed E-state index contributed by atoms with van der Waals surface area (Å²) in [6, 6.07) is 9.56. The molecule has 1 heteroatoms. The Kier molecular flexibility index (Phi) is 4.31. The zero-order chi connectivity index (χ0) is 11.8. The van der Waals surface area contributed by atoms with Crippen molar-refractivity contribution < 1.29 is 18.9 Å². The van der Waals surface area contributed by atoms with E-state index in [1.807, 2.05) is 0 Å². The topological polar surface area (TPSA) is 0 Å². The van der Waals surface area contributed by atoms with Gasteiger partial charge in [-0.05, 0) is 19.3 Å². The van der Waals surface area contributed by atoms with E-state index in [4.69, 9.17) is 0 Å². The molecule has 0 aromatic heterocycles. The third-order valence-electron chi connectivity index (χ3n) is 4.27. The van der Waals surface area contributed by atoms with Gasteiger partial charge in [0.05, 0.1) is 0 Å². The van der Waals surface area contributed by atoms with Crippen LogP contribution in [0.5, 0.6) is 0 Å². The molecule has 3 rings (SSSR count). The molecule has 2 aromatic carbocycles. The van der Waals surface area contributed by atoms with Gasteiger partial charge in [0.2, 0.25) is 0 Å². The zero-order valence-corrected chi connectivity index (χ0v) is 11.9. The third kappa shape index (κ3) is 2.29. The molecule has 0 saturated carbocycles. The maximum Gasteiger partial charge on any atom is 1.00 e. The van der Waals surface area contributed by atoms with E-state index in [1.54, 1.807) is 16.7 Å². The number of benzene rings is 1. The van der Waals surface area contributed by atoms with Crippen molar-refractivity contribution in [1.29, 1.82) is 0 Å². The molecule has 0 spiro atoms. The van der Waals surface area contributed by atoms with E-state index < -0.39 is 0 Å². The van der Waals surface area contributed by atoms with Crippen LogP contribution in [0.2, 0.25) is 0 Å². The van der Waals surface area contributed by atoms with Crippen LogP contribution in [0.1, 0.15) is 55.7 Å². The minimum absolute atomic E-state index is 0. The second kappa shape index (κ2) is 5.60. The Morgan fingerprint density at radius 1 is 1.22 bits per heavy atom. The van der Waals surface area contributed by atoms with Crippen molar-refractivity contribution in [3.63, 3.8) is 0 Å². The van der Waals surface area contributed by atoms with Crippen LogP contribution >= 0.6 is 0 Å². The molecule has 0 radical (unpaired) electrons. The van der Waals surface area contributed by atoms with Crippen molar-refractivity contribution in [2.45, 2.75) is 51.9 Å². The first-order valence-electron chi connectivity index (χ1n) is 7.00. The Morgan fingerprint density at radius 2 is 1.94 bits per heavy atom. The van der Waals surface area contributed by atoms with Gasteiger partial charge in [0.1, 0.15) is 0 Å². The molecule has 1 aliphatic rings. The average molecular weight is 232 g/mol. The van der Waals surface area contributed by atoms with E-state index in [0.717, 1.165) is 0 Å². The van der Waals surface area contributed by atoms with Crippen LogP contribution in [-0.4, -0.2) is 0 Å². The Bertz CT molecular complexity index is 536. The van der Waals surface area contributed by atoms with Crippen molar-refractivity contribution in [1.82, 2.24) is 0 Å². The molecular weight excluding hydrogens is 211 g/mol. The summed E-state index contributed by atoms with van der Waals surface area (Å²) in [6.07, 6.45) is 6.51. The van der Waals surface area contributed by atoms with E-state index in [2.05, 4.69) is 38.1 Å². The van der Waals surface area contributed by atoms with Crippen molar-refractivity contribution in [2.24, 2.45) is 0 Å². The second-order valence-electron chi connectivity index (χ2n) is 5.54. The average Bonchev–Trinajstić information content (AvgIpc) is 2.91. The number of fused-ring (bicyclic) bond motifs is 2. The molecule has 0 bridgehead atoms. The molecule has 0 saturated heterocycles. The normalized spacial score (nSPS) is 15.4. The van der Waals surface area contributed by atoms with E-state index in [0.29, 0.717) is 5.92 Å². The molecule has 0 aliphatic heterocycles. The Balaban J connectivity index is 0.00000120. The summed E-state index contributed by atoms with van der Waals surface area (Å²) < 4.78 is 0. The molecule has 1 aliphatic carbocycles. The fraction of sp³-hybridized carbons (Fsp3) is 0.471. The predicted octanol–water partition coefficient (Wildman–Crippen LogP) is 1.95. The number of aryl methyl sites for hydroxylation is 2. The zero-order valence-electron chi connectivity index (χ0n) is 11.9. The summed E-state index contributed by atoms with van der Waals surface area (Å²) in [5.74, 6) is 0.706. The molecule has 18 heavy (non-hydrogen) atoms. The predicted molar refractivity (Wildman–Crippen MR) is 74.9 cm³/mol. The van der Waals surface area contributed by atoms with Gasteiger partial charge in [-0.1, -0.05) is 43.7 Å². The van der Waals surface area contributed by atoms with Gasteiger partial charge in [0.25, 0.3) is 0 Å². The Morgan fingerprint density at radius 3 is 2.67 bits per heavy atom. The van der Waals surface area contributed by atoms with Crippen molar-refractivity contribution in [3.8, 4) is 0 Å². The molecule has 0 amide bonds. The smallest absolute Gasteiger partial charge is 0.168 e. The summed E-state index contributed by atoms with van der Waals surface area (Å²) in [5, 5.41) is 2.98. The summed E-state index contributed by atoms with van der Waals surface area (Å²) >= 11 is 0. The van der Waals surface area contributed by atoms with Crippen molar-refractivity contribution in [2.75, 3.05) is 0 Å². The van der Waals surface area contributed by atoms with Gasteiger partial charge in [-0.25, -0.2) is 0 Å². The molecule has 0 nitrogen and oxygen atoms in total. The first-order chi connectivity index (χ1) is 8.29. The second-order valence-corrected chi connectivity index (χ2v) is 5.54. The van der Waals surface area contributed by atoms with Crippen LogP contribution < -0.4 is 18.9 Å². The van der Waals surface area contributed by atoms with Gasteiger partial charge in [0.15, 0.2) is 0 Å². The summed E-state index contributed by atoms with van der Waals surface area (Å²) in [7, 11) is 0. The third-order valence-corrected chi connectivity index (χ3v) is 4.27. The molecule has 90 valence electrons. The monoisotopic (exact) mass is 232 g/mol. The van der Waals surface area contributed by atoms with Crippen LogP contribution in [0.15, 0.2) is 24.3 Å². The minimum atomic E-state index is 0. The van der Waals surface area contributed by atoms with Gasteiger partial charge in [-0.2, -0.15) is 6.07 Å². The van der Waals surface area contributed by atoms with E-state index >= 15 is 0 Å². The van der Waals surface area contributed by atoms with Crippen LogP contribution in [0.3, 0.4) is 0 Å². The van der Waals surface area contributed by atoms with Crippen molar-refractivity contribution >= 4 is 10.8 Å². The van der Waals surface area contributed by atoms with E-state index in [9.17, 15) is 0 Å². The van der Waals surface area contributed by atoms with Crippen LogP contribution in [0.25, 0.3) is 10.8 Å². The summed E-state index contributed by atoms with van der Waals surface area (Å²) in [6.45, 7) is 4.64. The fourth-order valence-corrected chi connectivity index (χ4v) is 3.32. The van der Waals surface area contributed by atoms with Gasteiger partial charge in [-0.3, -0.25) is 0 Å². The van der Waals surface area contributed by atoms with Crippen LogP contribution in [-0.2, 0) is 12.8 Å². The van der Waals surface area contributed by atoms with Gasteiger partial charge < -0.3 is 0 Å². The Hall–Kier alpha value is -0.573. The molecule has 1 unspecified atom stereocenters. The van der Waals surface area contributed by atoms with E-state index in [1.165, 1.54) is 42.9 Å². The molecule has 0 heterocycles. The molecule has 0 N–H and O–H groups in total. The summed E-state index contributed by atoms with van der Waals surface area (Å²) in [4.78, 5) is 0. The summed E-state index contributed by atoms with van der Waals surface area (Å²) in [5.41, 5.74) is 4.77. The number of rotatable bonds is 3. The standard InChI is InChI=1S/C17H21.Li/c1-3-5-12(2)16-9-8-15-10-13-6-4-7-14(13)11-17(15)16;/h8-12H,3-7H2,1-2H3;/q-1;+1. The number of hydrogen-bond donors (Lipinski definition) is 0. The maximum absolute atomic E-state index is 2.47.